The molecule has 2 aliphatic rings. The maximum absolute atomic E-state index is 12.6. The van der Waals surface area contributed by atoms with Crippen molar-refractivity contribution in [2.75, 3.05) is 39.4 Å². The van der Waals surface area contributed by atoms with E-state index in [1.54, 1.807) is 0 Å². The molecule has 2 N–H and O–H groups in total. The van der Waals surface area contributed by atoms with E-state index in [4.69, 9.17) is 4.74 Å². The average Bonchev–Trinajstić information content (AvgIpc) is 3.27. The van der Waals surface area contributed by atoms with Crippen LogP contribution in [0, 0.1) is 0 Å². The van der Waals surface area contributed by atoms with E-state index < -0.39 is 0 Å². The van der Waals surface area contributed by atoms with Gasteiger partial charge in [0.05, 0.1) is 19.3 Å². The number of amides is 2. The average molecular weight is 443 g/mol. The summed E-state index contributed by atoms with van der Waals surface area (Å²) in [6.45, 7) is 9.97. The molecule has 2 aromatic rings. The molecule has 6 nitrogen and oxygen atoms in total. The normalized spacial score (nSPS) is 21.8. The first-order chi connectivity index (χ1) is 15.1. The second kappa shape index (κ2) is 10.6. The molecule has 1 saturated heterocycles. The highest BCUT2D eigenvalue weighted by Crippen LogP contribution is 2.30. The molecule has 0 radical (unpaired) electrons. The van der Waals surface area contributed by atoms with E-state index in [0.717, 1.165) is 39.3 Å². The van der Waals surface area contributed by atoms with Gasteiger partial charge in [-0.15, -0.1) is 11.3 Å². The molecule has 2 amide bonds. The summed E-state index contributed by atoms with van der Waals surface area (Å²) >= 11 is 1.86. The zero-order chi connectivity index (χ0) is 21.6. The van der Waals surface area contributed by atoms with Gasteiger partial charge in [-0.2, -0.15) is 0 Å². The number of rotatable bonds is 7. The number of ether oxygens (including phenoxy) is 1. The third-order valence-corrected chi connectivity index (χ3v) is 7.48. The van der Waals surface area contributed by atoms with Gasteiger partial charge in [0.1, 0.15) is 0 Å². The molecule has 168 valence electrons. The molecular formula is C24H34N4O2S. The fourth-order valence-corrected chi connectivity index (χ4v) is 5.56. The molecule has 31 heavy (non-hydrogen) atoms. The predicted octanol–water partition coefficient (Wildman–Crippen LogP) is 3.26. The number of morpholine rings is 1. The number of fused-ring (bicyclic) bond motifs is 1. The Bertz CT molecular complexity index is 843. The van der Waals surface area contributed by atoms with Crippen molar-refractivity contribution in [3.05, 3.63) is 57.8 Å². The van der Waals surface area contributed by atoms with Crippen molar-refractivity contribution in [3.8, 4) is 0 Å². The van der Waals surface area contributed by atoms with Gasteiger partial charge in [-0.25, -0.2) is 4.79 Å². The zero-order valence-electron chi connectivity index (χ0n) is 18.5. The second-order valence-corrected chi connectivity index (χ2v) is 9.62. The van der Waals surface area contributed by atoms with Gasteiger partial charge in [0.15, 0.2) is 0 Å². The predicted molar refractivity (Wildman–Crippen MR) is 125 cm³/mol. The molecule has 2 aliphatic heterocycles. The van der Waals surface area contributed by atoms with Crippen LogP contribution in [0.5, 0.6) is 0 Å². The van der Waals surface area contributed by atoms with E-state index >= 15 is 0 Å². The van der Waals surface area contributed by atoms with Crippen LogP contribution in [0.4, 0.5) is 4.79 Å². The largest absolute Gasteiger partial charge is 0.379 e. The maximum atomic E-state index is 12.6. The Kier molecular flexibility index (Phi) is 7.61. The highest BCUT2D eigenvalue weighted by Gasteiger charge is 2.27. The summed E-state index contributed by atoms with van der Waals surface area (Å²) in [5, 5.41) is 8.39. The Balaban J connectivity index is 1.33. The molecule has 1 aromatic carbocycles. The Morgan fingerprint density at radius 3 is 2.81 bits per heavy atom. The van der Waals surface area contributed by atoms with Gasteiger partial charge in [0.25, 0.3) is 0 Å². The highest BCUT2D eigenvalue weighted by molar-refractivity contribution is 7.10. The summed E-state index contributed by atoms with van der Waals surface area (Å²) in [5.41, 5.74) is 2.67. The smallest absolute Gasteiger partial charge is 0.314 e. The Morgan fingerprint density at radius 2 is 2.00 bits per heavy atom. The number of carbonyl (C=O) groups is 1. The molecule has 0 bridgehead atoms. The van der Waals surface area contributed by atoms with Crippen LogP contribution in [0.2, 0.25) is 0 Å². The van der Waals surface area contributed by atoms with Crippen molar-refractivity contribution in [2.45, 2.75) is 44.9 Å². The Hall–Kier alpha value is -1.93. The summed E-state index contributed by atoms with van der Waals surface area (Å²) in [4.78, 5) is 19.0. The molecule has 0 aliphatic carbocycles. The summed E-state index contributed by atoms with van der Waals surface area (Å²) in [5.74, 6) is 0. The molecule has 3 heterocycles. The SMILES string of the molecule is CC(CNC(=O)NCC(c1ccccc1)N1CCc2sccc2C1)N1CCOCC1C. The van der Waals surface area contributed by atoms with Crippen LogP contribution >= 0.6 is 11.3 Å². The van der Waals surface area contributed by atoms with Crippen molar-refractivity contribution < 1.29 is 9.53 Å². The monoisotopic (exact) mass is 442 g/mol. The molecular weight excluding hydrogens is 408 g/mol. The minimum Gasteiger partial charge on any atom is -0.379 e. The Morgan fingerprint density at radius 1 is 1.19 bits per heavy atom. The Labute approximate surface area is 189 Å². The molecule has 3 unspecified atom stereocenters. The number of nitrogens with zero attached hydrogens (tertiary/aromatic N) is 2. The third-order valence-electron chi connectivity index (χ3n) is 6.46. The number of nitrogens with one attached hydrogen (secondary N) is 2. The van der Waals surface area contributed by atoms with Gasteiger partial charge in [-0.1, -0.05) is 30.3 Å². The number of benzene rings is 1. The lowest BCUT2D eigenvalue weighted by atomic mass is 10.0. The van der Waals surface area contributed by atoms with Crippen molar-refractivity contribution in [1.29, 1.82) is 0 Å². The molecule has 3 atom stereocenters. The van der Waals surface area contributed by atoms with E-state index in [1.807, 2.05) is 17.4 Å². The number of hydrogen-bond acceptors (Lipinski definition) is 5. The number of carbonyl (C=O) groups excluding carboxylic acids is 1. The van der Waals surface area contributed by atoms with Crippen molar-refractivity contribution in [3.63, 3.8) is 0 Å². The van der Waals surface area contributed by atoms with Crippen LogP contribution < -0.4 is 10.6 Å². The lowest BCUT2D eigenvalue weighted by molar-refractivity contribution is -0.0176. The summed E-state index contributed by atoms with van der Waals surface area (Å²) in [6.07, 6.45) is 1.08. The van der Waals surface area contributed by atoms with E-state index in [0.29, 0.717) is 19.1 Å². The quantitative estimate of drug-likeness (QED) is 0.691. The van der Waals surface area contributed by atoms with Crippen LogP contribution in [0.1, 0.15) is 35.9 Å². The fourth-order valence-electron chi connectivity index (χ4n) is 4.67. The van der Waals surface area contributed by atoms with E-state index in [-0.39, 0.29) is 18.1 Å². The molecule has 1 fully saturated rings. The lowest BCUT2D eigenvalue weighted by Gasteiger charge is -2.38. The zero-order valence-corrected chi connectivity index (χ0v) is 19.4. The van der Waals surface area contributed by atoms with Gasteiger partial charge in [-0.05, 0) is 42.8 Å². The van der Waals surface area contributed by atoms with Crippen LogP contribution in [0.15, 0.2) is 41.8 Å². The van der Waals surface area contributed by atoms with Crippen molar-refractivity contribution in [2.24, 2.45) is 0 Å². The van der Waals surface area contributed by atoms with Gasteiger partial charge >= 0.3 is 6.03 Å². The maximum Gasteiger partial charge on any atom is 0.314 e. The first kappa shape index (κ1) is 22.3. The molecule has 0 spiro atoms. The lowest BCUT2D eigenvalue weighted by Crippen LogP contribution is -2.53. The number of urea groups is 1. The van der Waals surface area contributed by atoms with E-state index in [1.165, 1.54) is 16.0 Å². The first-order valence-corrected chi connectivity index (χ1v) is 12.2. The van der Waals surface area contributed by atoms with Crippen molar-refractivity contribution in [1.82, 2.24) is 20.4 Å². The number of hydrogen-bond donors (Lipinski definition) is 2. The minimum atomic E-state index is -0.0954. The molecule has 7 heteroatoms. The van der Waals surface area contributed by atoms with Crippen LogP contribution in [-0.2, 0) is 17.7 Å². The van der Waals surface area contributed by atoms with E-state index in [9.17, 15) is 4.79 Å². The molecule has 4 rings (SSSR count). The first-order valence-electron chi connectivity index (χ1n) is 11.3. The van der Waals surface area contributed by atoms with Gasteiger partial charge < -0.3 is 15.4 Å². The standard InChI is InChI=1S/C24H34N4O2S/c1-18(28-11-12-30-17-19(28)2)14-25-24(29)26-15-22(20-6-4-3-5-7-20)27-10-8-23-21(16-27)9-13-31-23/h3-7,9,13,18-19,22H,8,10-12,14-17H2,1-2H3,(H2,25,26,29). The van der Waals surface area contributed by atoms with E-state index in [2.05, 4.69) is 70.0 Å². The number of thiophene rings is 1. The van der Waals surface area contributed by atoms with Crippen LogP contribution in [0.3, 0.4) is 0 Å². The van der Waals surface area contributed by atoms with Gasteiger partial charge in [0.2, 0.25) is 0 Å². The van der Waals surface area contributed by atoms with Gasteiger partial charge in [0, 0.05) is 49.7 Å². The highest BCUT2D eigenvalue weighted by atomic mass is 32.1. The summed E-state index contributed by atoms with van der Waals surface area (Å²) in [6, 6.07) is 13.5. The van der Waals surface area contributed by atoms with Crippen LogP contribution in [-0.4, -0.2) is 67.3 Å². The minimum absolute atomic E-state index is 0.0954. The van der Waals surface area contributed by atoms with Gasteiger partial charge in [-0.3, -0.25) is 9.80 Å². The van der Waals surface area contributed by atoms with Crippen molar-refractivity contribution >= 4 is 17.4 Å². The molecule has 0 saturated carbocycles. The topological polar surface area (TPSA) is 56.8 Å². The fraction of sp³-hybridized carbons (Fsp3) is 0.542. The molecule has 1 aromatic heterocycles. The summed E-state index contributed by atoms with van der Waals surface area (Å²) < 4.78 is 5.52. The summed E-state index contributed by atoms with van der Waals surface area (Å²) in [7, 11) is 0. The van der Waals surface area contributed by atoms with Crippen LogP contribution in [0.25, 0.3) is 0 Å². The third kappa shape index (κ3) is 5.66. The second-order valence-electron chi connectivity index (χ2n) is 8.62.